The van der Waals surface area contributed by atoms with E-state index in [4.69, 9.17) is 0 Å². The molecule has 2 heterocycles. The lowest BCUT2D eigenvalue weighted by molar-refractivity contribution is 0.279. The van der Waals surface area contributed by atoms with Gasteiger partial charge in [0.2, 0.25) is 0 Å². The number of halogens is 1. The molecule has 1 N–H and O–H groups in total. The van der Waals surface area contributed by atoms with Gasteiger partial charge < -0.3 is 5.32 Å². The standard InChI is InChI=1S/C10H15FN2O2S2/c11-17(14,15)13-5-3-9(4-6-13)12-8-10-2-1-7-16-10/h1-2,7,9,12H,3-6,8H2. The van der Waals surface area contributed by atoms with Crippen LogP contribution in [-0.2, 0) is 17.0 Å². The van der Waals surface area contributed by atoms with Gasteiger partial charge in [-0.25, -0.2) is 0 Å². The van der Waals surface area contributed by atoms with Gasteiger partial charge in [0.15, 0.2) is 0 Å². The first-order chi connectivity index (χ1) is 8.05. The van der Waals surface area contributed by atoms with Crippen LogP contribution in [0.15, 0.2) is 17.5 Å². The molecule has 17 heavy (non-hydrogen) atoms. The molecule has 7 heteroatoms. The Kier molecular flexibility index (Phi) is 4.13. The predicted octanol–water partition coefficient (Wildman–Crippen LogP) is 1.52. The average molecular weight is 278 g/mol. The number of hydrogen-bond acceptors (Lipinski definition) is 4. The molecule has 0 saturated carbocycles. The van der Waals surface area contributed by atoms with Gasteiger partial charge in [-0.15, -0.1) is 11.3 Å². The quantitative estimate of drug-likeness (QED) is 0.850. The van der Waals surface area contributed by atoms with E-state index in [1.807, 2.05) is 11.4 Å². The maximum absolute atomic E-state index is 12.7. The summed E-state index contributed by atoms with van der Waals surface area (Å²) in [5.74, 6) is 0. The highest BCUT2D eigenvalue weighted by atomic mass is 32.3. The van der Waals surface area contributed by atoms with E-state index in [2.05, 4.69) is 11.4 Å². The van der Waals surface area contributed by atoms with Crippen LogP contribution in [0.5, 0.6) is 0 Å². The zero-order valence-electron chi connectivity index (χ0n) is 9.30. The van der Waals surface area contributed by atoms with Crippen LogP contribution in [0.2, 0.25) is 0 Å². The minimum Gasteiger partial charge on any atom is -0.309 e. The fraction of sp³-hybridized carbons (Fsp3) is 0.600. The molecule has 1 aliphatic rings. The van der Waals surface area contributed by atoms with Gasteiger partial charge in [0.1, 0.15) is 0 Å². The molecule has 0 aliphatic carbocycles. The van der Waals surface area contributed by atoms with Crippen LogP contribution in [0.4, 0.5) is 3.89 Å². The lowest BCUT2D eigenvalue weighted by Crippen LogP contribution is -2.43. The van der Waals surface area contributed by atoms with E-state index < -0.39 is 10.4 Å². The molecule has 1 aromatic rings. The van der Waals surface area contributed by atoms with Crippen LogP contribution in [0, 0.1) is 0 Å². The third-order valence-corrected chi connectivity index (χ3v) is 4.77. The number of nitrogens with zero attached hydrogens (tertiary/aromatic N) is 1. The van der Waals surface area contributed by atoms with Crippen LogP contribution < -0.4 is 5.32 Å². The molecule has 0 radical (unpaired) electrons. The zero-order chi connectivity index (χ0) is 12.3. The summed E-state index contributed by atoms with van der Waals surface area (Å²) in [6.07, 6.45) is 1.32. The molecule has 1 aromatic heterocycles. The van der Waals surface area contributed by atoms with Crippen molar-refractivity contribution in [1.82, 2.24) is 9.62 Å². The van der Waals surface area contributed by atoms with Crippen molar-refractivity contribution in [2.45, 2.75) is 25.4 Å². The minimum atomic E-state index is -4.50. The molecule has 1 fully saturated rings. The highest BCUT2D eigenvalue weighted by Crippen LogP contribution is 2.16. The van der Waals surface area contributed by atoms with E-state index in [9.17, 15) is 12.3 Å². The van der Waals surface area contributed by atoms with Crippen molar-refractivity contribution < 1.29 is 12.3 Å². The molecule has 0 unspecified atom stereocenters. The topological polar surface area (TPSA) is 49.4 Å². The smallest absolute Gasteiger partial charge is 0.309 e. The second-order valence-electron chi connectivity index (χ2n) is 4.08. The molecule has 0 bridgehead atoms. The van der Waals surface area contributed by atoms with Gasteiger partial charge in [-0.05, 0) is 24.3 Å². The van der Waals surface area contributed by atoms with E-state index in [1.54, 1.807) is 11.3 Å². The third kappa shape index (κ3) is 3.74. The van der Waals surface area contributed by atoms with Crippen molar-refractivity contribution in [3.8, 4) is 0 Å². The molecule has 0 atom stereocenters. The average Bonchev–Trinajstić information content (AvgIpc) is 2.78. The third-order valence-electron chi connectivity index (χ3n) is 2.91. The number of thiophene rings is 1. The molecular weight excluding hydrogens is 263 g/mol. The summed E-state index contributed by atoms with van der Waals surface area (Å²) in [6, 6.07) is 4.33. The number of hydrogen-bond donors (Lipinski definition) is 1. The normalized spacial score (nSPS) is 19.6. The van der Waals surface area contributed by atoms with Gasteiger partial charge in [-0.1, -0.05) is 9.95 Å². The monoisotopic (exact) mass is 278 g/mol. The number of piperidine rings is 1. The van der Waals surface area contributed by atoms with Gasteiger partial charge in [0.25, 0.3) is 0 Å². The van der Waals surface area contributed by atoms with E-state index in [-0.39, 0.29) is 19.1 Å². The maximum Gasteiger partial charge on any atom is 0.374 e. The van der Waals surface area contributed by atoms with E-state index in [1.165, 1.54) is 4.88 Å². The molecule has 0 spiro atoms. The molecule has 1 aliphatic heterocycles. The van der Waals surface area contributed by atoms with Crippen LogP contribution in [-0.4, -0.2) is 31.9 Å². The molecule has 96 valence electrons. The van der Waals surface area contributed by atoms with Crippen LogP contribution in [0.3, 0.4) is 0 Å². The second-order valence-corrected chi connectivity index (χ2v) is 6.45. The van der Waals surface area contributed by atoms with Crippen molar-refractivity contribution in [3.63, 3.8) is 0 Å². The van der Waals surface area contributed by atoms with Gasteiger partial charge in [-0.2, -0.15) is 12.7 Å². The lowest BCUT2D eigenvalue weighted by atomic mass is 10.1. The summed E-state index contributed by atoms with van der Waals surface area (Å²) in [5.41, 5.74) is 0. The maximum atomic E-state index is 12.7. The molecule has 0 aromatic carbocycles. The first-order valence-electron chi connectivity index (χ1n) is 5.51. The van der Waals surface area contributed by atoms with E-state index >= 15 is 0 Å². The Balaban J connectivity index is 1.76. The van der Waals surface area contributed by atoms with Crippen molar-refractivity contribution >= 4 is 21.7 Å². The fourth-order valence-electron chi connectivity index (χ4n) is 1.94. The molecular formula is C10H15FN2O2S2. The highest BCUT2D eigenvalue weighted by Gasteiger charge is 2.27. The van der Waals surface area contributed by atoms with Gasteiger partial charge >= 0.3 is 10.4 Å². The Labute approximate surface area is 105 Å². The molecule has 4 nitrogen and oxygen atoms in total. The van der Waals surface area contributed by atoms with E-state index in [0.29, 0.717) is 12.8 Å². The van der Waals surface area contributed by atoms with E-state index in [0.717, 1.165) is 10.8 Å². The summed E-state index contributed by atoms with van der Waals surface area (Å²) in [5, 5.41) is 5.39. The highest BCUT2D eigenvalue weighted by molar-refractivity contribution is 7.83. The summed E-state index contributed by atoms with van der Waals surface area (Å²) in [7, 11) is -4.50. The Morgan fingerprint density at radius 1 is 1.47 bits per heavy atom. The second kappa shape index (κ2) is 5.43. The molecule has 1 saturated heterocycles. The van der Waals surface area contributed by atoms with Crippen molar-refractivity contribution in [3.05, 3.63) is 22.4 Å². The van der Waals surface area contributed by atoms with Crippen LogP contribution >= 0.6 is 11.3 Å². The summed E-state index contributed by atoms with van der Waals surface area (Å²) in [6.45, 7) is 1.33. The largest absolute Gasteiger partial charge is 0.374 e. The Hall–Kier alpha value is -0.500. The van der Waals surface area contributed by atoms with Crippen molar-refractivity contribution in [2.75, 3.05) is 13.1 Å². The fourth-order valence-corrected chi connectivity index (χ4v) is 3.24. The van der Waals surface area contributed by atoms with Crippen LogP contribution in [0.25, 0.3) is 0 Å². The lowest BCUT2D eigenvalue weighted by Gasteiger charge is -2.29. The van der Waals surface area contributed by atoms with Gasteiger partial charge in [0.05, 0.1) is 0 Å². The van der Waals surface area contributed by atoms with Gasteiger partial charge in [-0.3, -0.25) is 0 Å². The number of rotatable bonds is 4. The van der Waals surface area contributed by atoms with Crippen molar-refractivity contribution in [2.24, 2.45) is 0 Å². The molecule has 0 amide bonds. The van der Waals surface area contributed by atoms with Crippen LogP contribution in [0.1, 0.15) is 17.7 Å². The molecule has 2 rings (SSSR count). The minimum absolute atomic E-state index is 0.265. The summed E-state index contributed by atoms with van der Waals surface area (Å²) in [4.78, 5) is 1.26. The first kappa shape index (κ1) is 12.9. The Morgan fingerprint density at radius 3 is 2.71 bits per heavy atom. The Morgan fingerprint density at radius 2 is 2.18 bits per heavy atom. The summed E-state index contributed by atoms with van der Waals surface area (Å²) < 4.78 is 34.9. The zero-order valence-corrected chi connectivity index (χ0v) is 10.9. The number of nitrogens with one attached hydrogen (secondary N) is 1. The Bertz CT molecular complexity index is 439. The van der Waals surface area contributed by atoms with Crippen molar-refractivity contribution in [1.29, 1.82) is 0 Å². The van der Waals surface area contributed by atoms with Gasteiger partial charge in [0, 0.05) is 30.6 Å². The first-order valence-corrected chi connectivity index (χ1v) is 7.73. The SMILES string of the molecule is O=S(=O)(F)N1CCC(NCc2cccs2)CC1. The summed E-state index contributed by atoms with van der Waals surface area (Å²) >= 11 is 1.69. The predicted molar refractivity (Wildman–Crippen MR) is 65.8 cm³/mol.